The molecule has 17 nitrogen and oxygen atoms in total. The number of hydrogen-bond acceptors (Lipinski definition) is 11. The zero-order valence-electron chi connectivity index (χ0n) is 41.2. The molecule has 8 N–H and O–H groups in total. The molecule has 0 unspecified atom stereocenters. The molecular weight excluding hydrogens is 928 g/mol. The van der Waals surface area contributed by atoms with Gasteiger partial charge in [0.25, 0.3) is 0 Å². The number of rotatable bonds is 20. The van der Waals surface area contributed by atoms with Gasteiger partial charge in [0.15, 0.2) is 11.6 Å². The Morgan fingerprint density at radius 2 is 1.37 bits per heavy atom. The van der Waals surface area contributed by atoms with Gasteiger partial charge in [-0.15, -0.1) is 0 Å². The Morgan fingerprint density at radius 3 is 1.96 bits per heavy atom. The van der Waals surface area contributed by atoms with E-state index in [1.807, 2.05) is 72.7 Å². The van der Waals surface area contributed by atoms with Crippen LogP contribution in [0.1, 0.15) is 118 Å². The first-order valence-electron chi connectivity index (χ1n) is 23.6. The zero-order valence-corrected chi connectivity index (χ0v) is 41.2. The van der Waals surface area contributed by atoms with Gasteiger partial charge in [0.1, 0.15) is 29.5 Å². The van der Waals surface area contributed by atoms with Gasteiger partial charge in [0.2, 0.25) is 29.5 Å². The molecule has 1 saturated heterocycles. The van der Waals surface area contributed by atoms with Crippen molar-refractivity contribution >= 4 is 52.8 Å². The third kappa shape index (κ3) is 16.9. The fraction of sp³-hybridized carbons (Fsp3) is 0.490. The normalized spacial score (nSPS) is 15.6. The number of amides is 5. The number of ether oxygens (including phenoxy) is 1. The van der Waals surface area contributed by atoms with Crippen molar-refractivity contribution in [2.24, 2.45) is 17.6 Å². The van der Waals surface area contributed by atoms with Crippen molar-refractivity contribution in [2.75, 3.05) is 31.5 Å². The number of nitrogens with one attached hydrogen (secondary N) is 5. The van der Waals surface area contributed by atoms with E-state index in [9.17, 15) is 46.7 Å². The van der Waals surface area contributed by atoms with Crippen LogP contribution in [0.15, 0.2) is 66.7 Å². The number of benzene rings is 3. The van der Waals surface area contributed by atoms with Crippen LogP contribution in [0, 0.1) is 11.8 Å². The largest absolute Gasteiger partial charge is 0.490 e. The summed E-state index contributed by atoms with van der Waals surface area (Å²) in [5.41, 5.74) is 8.73. The summed E-state index contributed by atoms with van der Waals surface area (Å²) in [4.78, 5) is 104. The Morgan fingerprint density at radius 1 is 0.775 bits per heavy atom. The minimum atomic E-state index is -5.08. The van der Waals surface area contributed by atoms with Crippen LogP contribution in [0.3, 0.4) is 0 Å². The number of aliphatic carboxylic acids is 1. The lowest BCUT2D eigenvalue weighted by Crippen LogP contribution is -2.56. The van der Waals surface area contributed by atoms with Gasteiger partial charge in [-0.25, -0.2) is 4.79 Å². The van der Waals surface area contributed by atoms with Crippen molar-refractivity contribution < 1.29 is 61.4 Å². The highest BCUT2D eigenvalue weighted by atomic mass is 19.4. The number of alkyl halides is 3. The van der Waals surface area contributed by atoms with E-state index in [-0.39, 0.29) is 47.2 Å². The van der Waals surface area contributed by atoms with Crippen molar-refractivity contribution in [3.05, 3.63) is 94.5 Å². The Balaban J connectivity index is 0.00000145. The summed E-state index contributed by atoms with van der Waals surface area (Å²) in [6.07, 6.45) is -2.64. The summed E-state index contributed by atoms with van der Waals surface area (Å²) < 4.78 is 37.6. The number of fused-ring (bicyclic) bond motifs is 2. The van der Waals surface area contributed by atoms with Crippen LogP contribution in [0.5, 0.6) is 5.75 Å². The Bertz CT molecular complexity index is 2400. The minimum absolute atomic E-state index is 0.0224. The molecule has 1 heterocycles. The molecule has 1 aliphatic heterocycles. The van der Waals surface area contributed by atoms with Gasteiger partial charge in [-0.2, -0.15) is 13.2 Å². The van der Waals surface area contributed by atoms with Crippen LogP contribution in [-0.4, -0.2) is 119 Å². The SMILES string of the molecule is CC(C)C[C@H](NC(=O)[C@@H](N)Cc1ccc(OC(C)(C)C)cc1)C(=O)NCC(=O)N[C@@H](CC(C)C)C(=O)N1CCC[C@H]1C(=O)NCCCNc1cccc2c1C(=O)c1ccccc1C2=O.O=C(O)C(F)(F)F. The lowest BCUT2D eigenvalue weighted by Gasteiger charge is -2.29. The summed E-state index contributed by atoms with van der Waals surface area (Å²) in [7, 11) is 0. The third-order valence-electron chi connectivity index (χ3n) is 11.2. The van der Waals surface area contributed by atoms with E-state index in [4.69, 9.17) is 20.4 Å². The summed E-state index contributed by atoms with van der Waals surface area (Å²) in [5, 5.41) is 21.5. The Labute approximate surface area is 411 Å². The highest BCUT2D eigenvalue weighted by molar-refractivity contribution is 6.30. The van der Waals surface area contributed by atoms with Crippen molar-refractivity contribution in [1.82, 2.24) is 26.2 Å². The second kappa shape index (κ2) is 25.3. The van der Waals surface area contributed by atoms with Crippen LogP contribution < -0.4 is 37.1 Å². The molecular formula is C51H66F3N7O10. The molecule has 4 atom stereocenters. The van der Waals surface area contributed by atoms with Gasteiger partial charge < -0.3 is 47.1 Å². The maximum absolute atomic E-state index is 14.0. The van der Waals surface area contributed by atoms with Crippen molar-refractivity contribution in [3.63, 3.8) is 0 Å². The summed E-state index contributed by atoms with van der Waals surface area (Å²) in [6.45, 7) is 14.2. The second-order valence-corrected chi connectivity index (χ2v) is 19.3. The number of carbonyl (C=O) groups excluding carboxylic acids is 7. The lowest BCUT2D eigenvalue weighted by atomic mass is 9.83. The number of nitrogens with zero attached hydrogens (tertiary/aromatic N) is 1. The number of carboxylic acids is 1. The number of hydrogen-bond donors (Lipinski definition) is 7. The number of anilines is 1. The fourth-order valence-corrected chi connectivity index (χ4v) is 8.04. The molecule has 1 fully saturated rings. The van der Waals surface area contributed by atoms with Crippen LogP contribution in [0.2, 0.25) is 0 Å². The van der Waals surface area contributed by atoms with E-state index in [0.29, 0.717) is 85.4 Å². The van der Waals surface area contributed by atoms with Crippen LogP contribution in [0.25, 0.3) is 0 Å². The average Bonchev–Trinajstić information content (AvgIpc) is 3.79. The van der Waals surface area contributed by atoms with Gasteiger partial charge in [-0.3, -0.25) is 33.6 Å². The summed E-state index contributed by atoms with van der Waals surface area (Å²) in [6, 6.07) is 15.7. The molecule has 0 radical (unpaired) electrons. The highest BCUT2D eigenvalue weighted by Gasteiger charge is 2.39. The predicted octanol–water partition coefficient (Wildman–Crippen LogP) is 4.93. The van der Waals surface area contributed by atoms with E-state index < -0.39 is 60.6 Å². The highest BCUT2D eigenvalue weighted by Crippen LogP contribution is 2.32. The number of halogens is 3. The molecule has 1 aliphatic carbocycles. The van der Waals surface area contributed by atoms with Gasteiger partial charge >= 0.3 is 12.1 Å². The first-order valence-corrected chi connectivity index (χ1v) is 23.6. The fourth-order valence-electron chi connectivity index (χ4n) is 8.04. The molecule has 0 saturated carbocycles. The van der Waals surface area contributed by atoms with E-state index in [1.54, 1.807) is 42.5 Å². The molecule has 386 valence electrons. The van der Waals surface area contributed by atoms with E-state index in [2.05, 4.69) is 26.6 Å². The molecule has 3 aromatic rings. The van der Waals surface area contributed by atoms with Crippen molar-refractivity contribution in [1.29, 1.82) is 0 Å². The number of ketones is 2. The lowest BCUT2D eigenvalue weighted by molar-refractivity contribution is -0.192. The number of likely N-dealkylation sites (tertiary alicyclic amines) is 1. The standard InChI is InChI=1S/C49H65N7O8.C2HF3O2/c1-29(2)25-38(55-45(60)36(50)27-31-18-20-32(21-19-31)64-49(5,6)7)46(61)53-28-41(57)54-39(26-30(3)4)48(63)56-24-11-17-40(56)47(62)52-23-12-22-51-37-16-10-15-35-42(37)44(59)34-14-9-8-13-33(34)43(35)58;3-2(4,5)1(6)7/h8-10,13-16,18-21,29-30,36,38-40,51H,11-12,17,22-28,50H2,1-7H3,(H,52,62)(H,53,61)(H,54,57)(H,55,60);(H,6,7)/t36-,38-,39-,40-;/m0./s1. The second-order valence-electron chi connectivity index (χ2n) is 19.3. The number of carboxylic acid groups (broad SMARTS) is 1. The summed E-state index contributed by atoms with van der Waals surface area (Å²) in [5.74, 6) is -4.74. The van der Waals surface area contributed by atoms with Gasteiger partial charge in [0, 0.05) is 42.0 Å². The van der Waals surface area contributed by atoms with Gasteiger partial charge in [-0.1, -0.05) is 76.2 Å². The first-order chi connectivity index (χ1) is 33.3. The third-order valence-corrected chi connectivity index (χ3v) is 11.2. The summed E-state index contributed by atoms with van der Waals surface area (Å²) >= 11 is 0. The smallest absolute Gasteiger partial charge is 0.488 e. The van der Waals surface area contributed by atoms with E-state index >= 15 is 0 Å². The molecule has 0 aromatic heterocycles. The van der Waals surface area contributed by atoms with Crippen LogP contribution >= 0.6 is 0 Å². The van der Waals surface area contributed by atoms with Gasteiger partial charge in [0.05, 0.1) is 18.2 Å². The predicted molar refractivity (Wildman–Crippen MR) is 259 cm³/mol. The van der Waals surface area contributed by atoms with E-state index in [0.717, 1.165) is 5.56 Å². The zero-order chi connectivity index (χ0) is 52.8. The Kier molecular flexibility index (Phi) is 20.3. The monoisotopic (exact) mass is 993 g/mol. The molecule has 5 rings (SSSR count). The van der Waals surface area contributed by atoms with E-state index in [1.165, 1.54) is 4.90 Å². The average molecular weight is 994 g/mol. The Hall–Kier alpha value is -6.83. The van der Waals surface area contributed by atoms with Crippen molar-refractivity contribution in [2.45, 2.75) is 123 Å². The molecule has 5 amide bonds. The molecule has 0 spiro atoms. The number of nitrogens with two attached hydrogens (primary N) is 1. The quantitative estimate of drug-likeness (QED) is 0.0582. The van der Waals surface area contributed by atoms with Crippen LogP contribution in [0.4, 0.5) is 18.9 Å². The van der Waals surface area contributed by atoms with Crippen molar-refractivity contribution in [3.8, 4) is 5.75 Å². The molecule has 20 heteroatoms. The molecule has 0 bridgehead atoms. The topological polar surface area (TPSA) is 255 Å². The first kappa shape index (κ1) is 56.8. The molecule has 2 aliphatic rings. The van der Waals surface area contributed by atoms with Crippen LogP contribution in [-0.2, 0) is 35.2 Å². The number of carbonyl (C=O) groups is 8. The maximum Gasteiger partial charge on any atom is 0.490 e. The maximum atomic E-state index is 14.0. The van der Waals surface area contributed by atoms with Gasteiger partial charge in [-0.05, 0) is 94.9 Å². The minimum Gasteiger partial charge on any atom is -0.488 e. The molecule has 71 heavy (non-hydrogen) atoms. The molecule has 3 aromatic carbocycles.